The van der Waals surface area contributed by atoms with Crippen molar-refractivity contribution in [1.29, 1.82) is 0 Å². The third-order valence-corrected chi connectivity index (χ3v) is 5.11. The molecular formula is C14H12N4O3S2. The molecule has 0 atom stereocenters. The molecule has 9 heteroatoms. The van der Waals surface area contributed by atoms with Gasteiger partial charge in [0.15, 0.2) is 0 Å². The van der Waals surface area contributed by atoms with Gasteiger partial charge in [-0.05, 0) is 48.8 Å². The van der Waals surface area contributed by atoms with E-state index in [2.05, 4.69) is 14.9 Å². The number of sulfonamides is 1. The molecule has 0 radical (unpaired) electrons. The van der Waals surface area contributed by atoms with Gasteiger partial charge in [-0.1, -0.05) is 22.2 Å². The number of nitrogens with one attached hydrogen (secondary N) is 2. The summed E-state index contributed by atoms with van der Waals surface area (Å²) in [7, 11) is -3.92. The van der Waals surface area contributed by atoms with Crippen molar-refractivity contribution < 1.29 is 13.2 Å². The molecule has 118 valence electrons. The third kappa shape index (κ3) is 3.46. The standard InChI is InChI=1S/C14H12N4O3S2/c1-9-2-5-11(6-3-9)23(20,21)17-14(19)15-10-4-7-13-12(8-10)16-18-22-13/h2-8H,1H3,(H2,15,17,19). The summed E-state index contributed by atoms with van der Waals surface area (Å²) in [4.78, 5) is 11.9. The van der Waals surface area contributed by atoms with E-state index in [4.69, 9.17) is 0 Å². The molecule has 1 aromatic heterocycles. The fourth-order valence-corrected chi connectivity index (χ4v) is 3.36. The average molecular weight is 348 g/mol. The Morgan fingerprint density at radius 1 is 1.13 bits per heavy atom. The number of hydrogen-bond donors (Lipinski definition) is 2. The largest absolute Gasteiger partial charge is 0.333 e. The molecule has 0 saturated carbocycles. The molecule has 23 heavy (non-hydrogen) atoms. The lowest BCUT2D eigenvalue weighted by Gasteiger charge is -2.08. The first kappa shape index (κ1) is 15.4. The molecule has 3 rings (SSSR count). The van der Waals surface area contributed by atoms with Gasteiger partial charge in [0.25, 0.3) is 10.0 Å². The van der Waals surface area contributed by atoms with E-state index in [1.165, 1.54) is 23.7 Å². The molecule has 2 N–H and O–H groups in total. The zero-order valence-electron chi connectivity index (χ0n) is 12.0. The van der Waals surface area contributed by atoms with Crippen LogP contribution in [0.1, 0.15) is 5.56 Å². The Bertz CT molecular complexity index is 965. The van der Waals surface area contributed by atoms with Gasteiger partial charge in [0.2, 0.25) is 0 Å². The van der Waals surface area contributed by atoms with E-state index in [1.54, 1.807) is 30.3 Å². The Hall–Kier alpha value is -2.52. The van der Waals surface area contributed by atoms with Gasteiger partial charge in [-0.25, -0.2) is 17.9 Å². The summed E-state index contributed by atoms with van der Waals surface area (Å²) in [6.07, 6.45) is 0. The maximum Gasteiger partial charge on any atom is 0.333 e. The van der Waals surface area contributed by atoms with Crippen LogP contribution in [0.3, 0.4) is 0 Å². The summed E-state index contributed by atoms with van der Waals surface area (Å²) >= 11 is 1.24. The maximum absolute atomic E-state index is 12.1. The highest BCUT2D eigenvalue weighted by atomic mass is 32.2. The minimum Gasteiger partial charge on any atom is -0.307 e. The predicted octanol–water partition coefficient (Wildman–Crippen LogP) is 2.51. The van der Waals surface area contributed by atoms with Gasteiger partial charge in [0.05, 0.1) is 9.60 Å². The SMILES string of the molecule is Cc1ccc(S(=O)(=O)NC(=O)Nc2ccc3snnc3c2)cc1. The van der Waals surface area contributed by atoms with E-state index in [0.717, 1.165) is 10.3 Å². The summed E-state index contributed by atoms with van der Waals surface area (Å²) < 4.78 is 30.9. The summed E-state index contributed by atoms with van der Waals surface area (Å²) in [6.45, 7) is 1.85. The number of amides is 2. The first-order chi connectivity index (χ1) is 10.9. The first-order valence-corrected chi connectivity index (χ1v) is 8.82. The molecule has 0 unspecified atom stereocenters. The zero-order valence-corrected chi connectivity index (χ0v) is 13.6. The number of nitrogens with zero attached hydrogens (tertiary/aromatic N) is 2. The molecule has 3 aromatic rings. The predicted molar refractivity (Wildman–Crippen MR) is 87.9 cm³/mol. The lowest BCUT2D eigenvalue weighted by atomic mass is 10.2. The highest BCUT2D eigenvalue weighted by Crippen LogP contribution is 2.19. The molecule has 0 saturated heterocycles. The highest BCUT2D eigenvalue weighted by molar-refractivity contribution is 7.90. The molecule has 2 amide bonds. The van der Waals surface area contributed by atoms with Crippen LogP contribution < -0.4 is 10.0 Å². The van der Waals surface area contributed by atoms with Crippen molar-refractivity contribution >= 4 is 43.5 Å². The van der Waals surface area contributed by atoms with Crippen LogP contribution in [-0.2, 0) is 10.0 Å². The molecule has 0 bridgehead atoms. The van der Waals surface area contributed by atoms with E-state index in [-0.39, 0.29) is 4.90 Å². The quantitative estimate of drug-likeness (QED) is 0.757. The van der Waals surface area contributed by atoms with Gasteiger partial charge in [-0.3, -0.25) is 0 Å². The average Bonchev–Trinajstić information content (AvgIpc) is 2.94. The minimum atomic E-state index is -3.92. The number of fused-ring (bicyclic) bond motifs is 1. The van der Waals surface area contributed by atoms with Crippen molar-refractivity contribution in [1.82, 2.24) is 14.3 Å². The Labute approximate surface area is 136 Å². The van der Waals surface area contributed by atoms with Gasteiger partial charge >= 0.3 is 6.03 Å². The number of carbonyl (C=O) groups excluding carboxylic acids is 1. The summed E-state index contributed by atoms with van der Waals surface area (Å²) in [5.74, 6) is 0. The van der Waals surface area contributed by atoms with Crippen molar-refractivity contribution in [2.45, 2.75) is 11.8 Å². The second kappa shape index (κ2) is 5.94. The number of aryl methyl sites for hydroxylation is 1. The minimum absolute atomic E-state index is 0.0254. The normalized spacial score (nSPS) is 11.3. The lowest BCUT2D eigenvalue weighted by molar-refractivity contribution is 0.256. The molecule has 0 fully saturated rings. The van der Waals surface area contributed by atoms with Crippen LogP contribution in [0.15, 0.2) is 47.4 Å². The van der Waals surface area contributed by atoms with Crippen molar-refractivity contribution in [2.24, 2.45) is 0 Å². The second-order valence-corrected chi connectivity index (χ2v) is 7.30. The molecule has 0 aliphatic carbocycles. The summed E-state index contributed by atoms with van der Waals surface area (Å²) in [5, 5.41) is 6.36. The topological polar surface area (TPSA) is 101 Å². The summed E-state index contributed by atoms with van der Waals surface area (Å²) in [6, 6.07) is 10.4. The van der Waals surface area contributed by atoms with Gasteiger partial charge < -0.3 is 5.32 Å². The fraction of sp³-hybridized carbons (Fsp3) is 0.0714. The van der Waals surface area contributed by atoms with E-state index in [9.17, 15) is 13.2 Å². The lowest BCUT2D eigenvalue weighted by Crippen LogP contribution is -2.34. The van der Waals surface area contributed by atoms with Gasteiger partial charge in [0.1, 0.15) is 5.52 Å². The molecule has 0 aliphatic heterocycles. The van der Waals surface area contributed by atoms with Gasteiger partial charge in [0, 0.05) is 5.69 Å². The molecule has 7 nitrogen and oxygen atoms in total. The van der Waals surface area contributed by atoms with Crippen LogP contribution in [0.4, 0.5) is 10.5 Å². The number of carbonyl (C=O) groups is 1. The fourth-order valence-electron chi connectivity index (χ4n) is 1.91. The smallest absolute Gasteiger partial charge is 0.307 e. The molecule has 2 aromatic carbocycles. The Kier molecular flexibility index (Phi) is 3.97. The molecule has 0 spiro atoms. The number of hydrogen-bond acceptors (Lipinski definition) is 6. The third-order valence-electron chi connectivity index (χ3n) is 3.06. The van der Waals surface area contributed by atoms with E-state index in [0.29, 0.717) is 11.2 Å². The van der Waals surface area contributed by atoms with Crippen molar-refractivity contribution in [2.75, 3.05) is 5.32 Å². The number of rotatable bonds is 3. The molecule has 1 heterocycles. The Morgan fingerprint density at radius 2 is 1.87 bits per heavy atom. The van der Waals surface area contributed by atoms with Crippen LogP contribution in [-0.4, -0.2) is 24.0 Å². The van der Waals surface area contributed by atoms with Crippen LogP contribution in [0.5, 0.6) is 0 Å². The van der Waals surface area contributed by atoms with Gasteiger partial charge in [-0.15, -0.1) is 5.10 Å². The number of benzene rings is 2. The maximum atomic E-state index is 12.1. The Morgan fingerprint density at radius 3 is 2.61 bits per heavy atom. The first-order valence-electron chi connectivity index (χ1n) is 6.57. The van der Waals surface area contributed by atoms with Crippen molar-refractivity contribution in [3.8, 4) is 0 Å². The van der Waals surface area contributed by atoms with Crippen molar-refractivity contribution in [3.05, 3.63) is 48.0 Å². The van der Waals surface area contributed by atoms with E-state index >= 15 is 0 Å². The van der Waals surface area contributed by atoms with Crippen LogP contribution in [0.2, 0.25) is 0 Å². The van der Waals surface area contributed by atoms with Crippen LogP contribution in [0, 0.1) is 6.92 Å². The van der Waals surface area contributed by atoms with Crippen molar-refractivity contribution in [3.63, 3.8) is 0 Å². The summed E-state index contributed by atoms with van der Waals surface area (Å²) in [5.41, 5.74) is 1.99. The van der Waals surface area contributed by atoms with Gasteiger partial charge in [-0.2, -0.15) is 0 Å². The Balaban J connectivity index is 1.74. The van der Waals surface area contributed by atoms with E-state index < -0.39 is 16.1 Å². The van der Waals surface area contributed by atoms with Crippen LogP contribution >= 0.6 is 11.5 Å². The molecule has 0 aliphatic rings. The zero-order chi connectivity index (χ0) is 16.4. The highest BCUT2D eigenvalue weighted by Gasteiger charge is 2.17. The van der Waals surface area contributed by atoms with Crippen LogP contribution in [0.25, 0.3) is 10.2 Å². The number of anilines is 1. The molecular weight excluding hydrogens is 336 g/mol. The number of urea groups is 1. The number of aromatic nitrogens is 2. The van der Waals surface area contributed by atoms with E-state index in [1.807, 2.05) is 11.6 Å². The second-order valence-electron chi connectivity index (χ2n) is 4.83. The monoisotopic (exact) mass is 348 g/mol.